The van der Waals surface area contributed by atoms with Crippen LogP contribution in [-0.2, 0) is 27.7 Å². The van der Waals surface area contributed by atoms with Gasteiger partial charge in [-0.05, 0) is 67.6 Å². The highest BCUT2D eigenvalue weighted by atomic mass is 35.5. The molecule has 0 fully saturated rings. The number of aryl methyl sites for hydroxylation is 2. The van der Waals surface area contributed by atoms with Gasteiger partial charge < -0.3 is 5.32 Å². The Kier molecular flexibility index (Phi) is 5.58. The molecule has 1 aliphatic rings. The van der Waals surface area contributed by atoms with Crippen molar-refractivity contribution in [1.29, 1.82) is 0 Å². The highest BCUT2D eigenvalue weighted by molar-refractivity contribution is 7.89. The molecule has 2 aromatic carbocycles. The standard InChI is InChI=1S/C18H18Cl2N2O3S/c1-11(22-26(24,25)15-7-8-16(19)17(20)10-15)18(23)21-14-6-5-12-3-2-4-13(12)9-14/h5-11,22H,2-4H2,1H3,(H,21,23)/t11-/m0/s1. The summed E-state index contributed by atoms with van der Waals surface area (Å²) in [5, 5.41) is 3.14. The van der Waals surface area contributed by atoms with Crippen molar-refractivity contribution in [1.82, 2.24) is 4.72 Å². The Balaban J connectivity index is 1.69. The fourth-order valence-corrected chi connectivity index (χ4v) is 4.49. The lowest BCUT2D eigenvalue weighted by molar-refractivity contribution is -0.117. The minimum atomic E-state index is -3.90. The highest BCUT2D eigenvalue weighted by Gasteiger charge is 2.23. The van der Waals surface area contributed by atoms with Crippen molar-refractivity contribution in [3.63, 3.8) is 0 Å². The van der Waals surface area contributed by atoms with E-state index >= 15 is 0 Å². The van der Waals surface area contributed by atoms with Gasteiger partial charge in [-0.3, -0.25) is 4.79 Å². The molecule has 26 heavy (non-hydrogen) atoms. The van der Waals surface area contributed by atoms with Crippen LogP contribution in [0, 0.1) is 0 Å². The van der Waals surface area contributed by atoms with E-state index in [1.54, 1.807) is 0 Å². The first-order valence-electron chi connectivity index (χ1n) is 8.16. The summed E-state index contributed by atoms with van der Waals surface area (Å²) in [5.41, 5.74) is 3.19. The quantitative estimate of drug-likeness (QED) is 0.783. The van der Waals surface area contributed by atoms with E-state index in [0.717, 1.165) is 19.3 Å². The molecule has 0 spiro atoms. The molecule has 0 saturated heterocycles. The smallest absolute Gasteiger partial charge is 0.242 e. The Morgan fingerprint density at radius 1 is 1.04 bits per heavy atom. The number of hydrogen-bond donors (Lipinski definition) is 2. The number of carbonyl (C=O) groups is 1. The number of anilines is 1. The van der Waals surface area contributed by atoms with E-state index in [0.29, 0.717) is 5.69 Å². The van der Waals surface area contributed by atoms with E-state index in [2.05, 4.69) is 10.0 Å². The van der Waals surface area contributed by atoms with Crippen LogP contribution in [0.5, 0.6) is 0 Å². The molecular formula is C18H18Cl2N2O3S. The number of fused-ring (bicyclic) bond motifs is 1. The molecular weight excluding hydrogens is 395 g/mol. The summed E-state index contributed by atoms with van der Waals surface area (Å²) in [6, 6.07) is 8.81. The van der Waals surface area contributed by atoms with E-state index < -0.39 is 22.0 Å². The van der Waals surface area contributed by atoms with Crippen molar-refractivity contribution in [2.75, 3.05) is 5.32 Å². The summed E-state index contributed by atoms with van der Waals surface area (Å²) in [7, 11) is -3.90. The van der Waals surface area contributed by atoms with Crippen molar-refractivity contribution in [3.05, 3.63) is 57.6 Å². The molecule has 0 unspecified atom stereocenters. The van der Waals surface area contributed by atoms with Crippen molar-refractivity contribution in [3.8, 4) is 0 Å². The van der Waals surface area contributed by atoms with Crippen LogP contribution in [0.1, 0.15) is 24.5 Å². The number of nitrogens with one attached hydrogen (secondary N) is 2. The van der Waals surface area contributed by atoms with Crippen LogP contribution in [-0.4, -0.2) is 20.4 Å². The zero-order valence-electron chi connectivity index (χ0n) is 14.1. The van der Waals surface area contributed by atoms with Crippen LogP contribution in [0.15, 0.2) is 41.3 Å². The average molecular weight is 413 g/mol. The molecule has 5 nitrogen and oxygen atoms in total. The zero-order chi connectivity index (χ0) is 18.9. The Morgan fingerprint density at radius 3 is 2.50 bits per heavy atom. The summed E-state index contributed by atoms with van der Waals surface area (Å²) in [4.78, 5) is 12.3. The normalized spacial score (nSPS) is 14.7. The van der Waals surface area contributed by atoms with Gasteiger partial charge in [0.05, 0.1) is 21.0 Å². The van der Waals surface area contributed by atoms with Crippen molar-refractivity contribution in [2.24, 2.45) is 0 Å². The van der Waals surface area contributed by atoms with Gasteiger partial charge in [-0.25, -0.2) is 8.42 Å². The molecule has 0 saturated carbocycles. The Bertz CT molecular complexity index is 961. The molecule has 0 aromatic heterocycles. The summed E-state index contributed by atoms with van der Waals surface area (Å²) in [6.45, 7) is 1.48. The molecule has 0 bridgehead atoms. The van der Waals surface area contributed by atoms with Gasteiger partial charge in [-0.1, -0.05) is 29.3 Å². The van der Waals surface area contributed by atoms with Gasteiger partial charge in [-0.15, -0.1) is 0 Å². The molecule has 1 aliphatic carbocycles. The molecule has 3 rings (SSSR count). The second-order valence-electron chi connectivity index (χ2n) is 6.25. The van der Waals surface area contributed by atoms with Gasteiger partial charge in [0.1, 0.15) is 0 Å². The Labute approximate surface area is 162 Å². The number of rotatable bonds is 5. The number of hydrogen-bond acceptors (Lipinski definition) is 3. The predicted octanol–water partition coefficient (Wildman–Crippen LogP) is 3.79. The summed E-state index contributed by atoms with van der Waals surface area (Å²) in [5.74, 6) is -0.438. The second-order valence-corrected chi connectivity index (χ2v) is 8.77. The monoisotopic (exact) mass is 412 g/mol. The van der Waals surface area contributed by atoms with Gasteiger partial charge in [0.2, 0.25) is 15.9 Å². The van der Waals surface area contributed by atoms with E-state index in [9.17, 15) is 13.2 Å². The van der Waals surface area contributed by atoms with E-state index in [4.69, 9.17) is 23.2 Å². The minimum Gasteiger partial charge on any atom is -0.325 e. The molecule has 138 valence electrons. The first-order valence-corrected chi connectivity index (χ1v) is 10.4. The third-order valence-corrected chi connectivity index (χ3v) is 6.57. The van der Waals surface area contributed by atoms with Crippen molar-refractivity contribution < 1.29 is 13.2 Å². The van der Waals surface area contributed by atoms with Crippen LogP contribution in [0.3, 0.4) is 0 Å². The maximum Gasteiger partial charge on any atom is 0.242 e. The van der Waals surface area contributed by atoms with Crippen LogP contribution in [0.2, 0.25) is 10.0 Å². The second kappa shape index (κ2) is 7.56. The lowest BCUT2D eigenvalue weighted by Crippen LogP contribution is -2.41. The highest BCUT2D eigenvalue weighted by Crippen LogP contribution is 2.26. The third-order valence-electron chi connectivity index (χ3n) is 4.29. The summed E-state index contributed by atoms with van der Waals surface area (Å²) >= 11 is 11.7. The molecule has 0 radical (unpaired) electrons. The van der Waals surface area contributed by atoms with Gasteiger partial charge >= 0.3 is 0 Å². The molecule has 1 amide bonds. The molecule has 0 aliphatic heterocycles. The number of benzene rings is 2. The number of amides is 1. The average Bonchev–Trinajstić information content (AvgIpc) is 3.04. The van der Waals surface area contributed by atoms with Crippen molar-refractivity contribution >= 4 is 44.8 Å². The van der Waals surface area contributed by atoms with E-state index in [1.807, 2.05) is 18.2 Å². The van der Waals surface area contributed by atoms with E-state index in [1.165, 1.54) is 36.2 Å². The molecule has 0 heterocycles. The number of halogens is 2. The van der Waals surface area contributed by atoms with Crippen molar-refractivity contribution in [2.45, 2.75) is 37.1 Å². The van der Waals surface area contributed by atoms with Gasteiger partial charge in [0, 0.05) is 5.69 Å². The Hall–Kier alpha value is -1.60. The van der Waals surface area contributed by atoms with Crippen LogP contribution < -0.4 is 10.0 Å². The van der Waals surface area contributed by atoms with Gasteiger partial charge in [-0.2, -0.15) is 4.72 Å². The number of sulfonamides is 1. The topological polar surface area (TPSA) is 75.3 Å². The maximum atomic E-state index is 12.4. The van der Waals surface area contributed by atoms with E-state index in [-0.39, 0.29) is 14.9 Å². The van der Waals surface area contributed by atoms with Crippen LogP contribution >= 0.6 is 23.2 Å². The maximum absolute atomic E-state index is 12.4. The van der Waals surface area contributed by atoms with Gasteiger partial charge in [0.25, 0.3) is 0 Å². The summed E-state index contributed by atoms with van der Waals surface area (Å²) in [6.07, 6.45) is 3.18. The lowest BCUT2D eigenvalue weighted by Gasteiger charge is -2.15. The fourth-order valence-electron chi connectivity index (χ4n) is 2.90. The first-order chi connectivity index (χ1) is 12.3. The largest absolute Gasteiger partial charge is 0.325 e. The molecule has 1 atom stereocenters. The summed E-state index contributed by atoms with van der Waals surface area (Å²) < 4.78 is 27.2. The predicted molar refractivity (Wildman–Crippen MR) is 103 cm³/mol. The lowest BCUT2D eigenvalue weighted by atomic mass is 10.1. The van der Waals surface area contributed by atoms with Crippen LogP contribution in [0.4, 0.5) is 5.69 Å². The SMILES string of the molecule is C[C@H](NS(=O)(=O)c1ccc(Cl)c(Cl)c1)C(=O)Nc1ccc2c(c1)CCC2. The third kappa shape index (κ3) is 4.20. The fraction of sp³-hybridized carbons (Fsp3) is 0.278. The molecule has 2 N–H and O–H groups in total. The Morgan fingerprint density at radius 2 is 1.77 bits per heavy atom. The van der Waals surface area contributed by atoms with Gasteiger partial charge in [0.15, 0.2) is 0 Å². The zero-order valence-corrected chi connectivity index (χ0v) is 16.4. The number of carbonyl (C=O) groups excluding carboxylic acids is 1. The molecule has 8 heteroatoms. The first kappa shape index (κ1) is 19.2. The molecule has 2 aromatic rings. The van der Waals surface area contributed by atoms with Crippen LogP contribution in [0.25, 0.3) is 0 Å². The minimum absolute atomic E-state index is 0.0518.